The summed E-state index contributed by atoms with van der Waals surface area (Å²) in [5.41, 5.74) is 5.11. The SMILES string of the molecule is O=C(Nc1ccc(-c2cc3cc(NC(=O)[C@@H]4CCCN4C(=O)Cc4ccccc4)ncc3[nH]2)cc1)[C@@H]1CCCN1C(=O)Cc1ccccc1. The van der Waals surface area contributed by atoms with Crippen molar-refractivity contribution in [3.8, 4) is 11.3 Å². The molecular formula is C39H38N6O4. The van der Waals surface area contributed by atoms with Crippen LogP contribution >= 0.6 is 0 Å². The fourth-order valence-electron chi connectivity index (χ4n) is 6.84. The van der Waals surface area contributed by atoms with Gasteiger partial charge in [-0.1, -0.05) is 72.8 Å². The summed E-state index contributed by atoms with van der Waals surface area (Å²) in [6.45, 7) is 1.14. The van der Waals surface area contributed by atoms with E-state index in [0.29, 0.717) is 37.4 Å². The van der Waals surface area contributed by atoms with E-state index in [4.69, 9.17) is 0 Å². The minimum atomic E-state index is -0.527. The number of anilines is 2. The fraction of sp³-hybridized carbons (Fsp3) is 0.256. The minimum Gasteiger partial charge on any atom is -0.353 e. The highest BCUT2D eigenvalue weighted by atomic mass is 16.2. The van der Waals surface area contributed by atoms with Crippen molar-refractivity contribution in [2.45, 2.75) is 50.6 Å². The molecule has 0 aliphatic carbocycles. The van der Waals surface area contributed by atoms with E-state index < -0.39 is 12.1 Å². The van der Waals surface area contributed by atoms with Crippen molar-refractivity contribution in [2.24, 2.45) is 0 Å². The van der Waals surface area contributed by atoms with Crippen LogP contribution in [0.5, 0.6) is 0 Å². The van der Waals surface area contributed by atoms with Gasteiger partial charge in [0.25, 0.3) is 0 Å². The number of aromatic nitrogens is 2. The third-order valence-electron chi connectivity index (χ3n) is 9.37. The monoisotopic (exact) mass is 654 g/mol. The van der Waals surface area contributed by atoms with Gasteiger partial charge in [-0.05, 0) is 66.6 Å². The number of likely N-dealkylation sites (tertiary alicyclic amines) is 2. The molecule has 0 unspecified atom stereocenters. The Kier molecular flexibility index (Phi) is 9.19. The summed E-state index contributed by atoms with van der Waals surface area (Å²) in [7, 11) is 0. The van der Waals surface area contributed by atoms with Crippen LogP contribution < -0.4 is 10.6 Å². The van der Waals surface area contributed by atoms with Gasteiger partial charge >= 0.3 is 0 Å². The van der Waals surface area contributed by atoms with Crippen LogP contribution in [0.1, 0.15) is 36.8 Å². The average molecular weight is 655 g/mol. The van der Waals surface area contributed by atoms with E-state index in [1.807, 2.05) is 97.1 Å². The second kappa shape index (κ2) is 14.1. The first-order valence-electron chi connectivity index (χ1n) is 16.8. The maximum Gasteiger partial charge on any atom is 0.248 e. The number of hydrogen-bond donors (Lipinski definition) is 3. The Bertz CT molecular complexity index is 1980. The Labute approximate surface area is 284 Å². The Morgan fingerprint density at radius 3 is 1.82 bits per heavy atom. The zero-order valence-corrected chi connectivity index (χ0v) is 27.1. The van der Waals surface area contributed by atoms with E-state index in [9.17, 15) is 19.2 Å². The number of nitrogens with zero attached hydrogens (tertiary/aromatic N) is 3. The van der Waals surface area contributed by atoms with E-state index in [0.717, 1.165) is 46.1 Å². The van der Waals surface area contributed by atoms with Gasteiger partial charge in [-0.2, -0.15) is 0 Å². The predicted molar refractivity (Wildman–Crippen MR) is 189 cm³/mol. The second-order valence-corrected chi connectivity index (χ2v) is 12.7. The zero-order valence-electron chi connectivity index (χ0n) is 27.1. The van der Waals surface area contributed by atoms with Gasteiger partial charge in [-0.15, -0.1) is 0 Å². The minimum absolute atomic E-state index is 0.0373. The molecule has 0 spiro atoms. The Morgan fingerprint density at radius 1 is 0.694 bits per heavy atom. The average Bonchev–Trinajstić information content (AvgIpc) is 3.90. The van der Waals surface area contributed by atoms with E-state index in [1.54, 1.807) is 16.0 Å². The molecule has 2 aliphatic rings. The largest absolute Gasteiger partial charge is 0.353 e. The number of amides is 4. The molecule has 5 aromatic rings. The van der Waals surface area contributed by atoms with Crippen LogP contribution in [-0.4, -0.2) is 68.6 Å². The van der Waals surface area contributed by atoms with Crippen molar-refractivity contribution < 1.29 is 19.2 Å². The lowest BCUT2D eigenvalue weighted by Crippen LogP contribution is -2.43. The van der Waals surface area contributed by atoms with Crippen LogP contribution in [-0.2, 0) is 32.0 Å². The Morgan fingerprint density at radius 2 is 1.24 bits per heavy atom. The summed E-state index contributed by atoms with van der Waals surface area (Å²) < 4.78 is 0. The molecule has 2 aliphatic heterocycles. The van der Waals surface area contributed by atoms with E-state index in [-0.39, 0.29) is 36.5 Å². The first-order valence-corrected chi connectivity index (χ1v) is 16.8. The van der Waals surface area contributed by atoms with Gasteiger partial charge in [0.15, 0.2) is 0 Å². The molecule has 2 atom stereocenters. The van der Waals surface area contributed by atoms with Crippen LogP contribution in [0.25, 0.3) is 22.2 Å². The molecular weight excluding hydrogens is 616 g/mol. The number of carbonyl (C=O) groups excluding carboxylic acids is 4. The van der Waals surface area contributed by atoms with Gasteiger partial charge in [0, 0.05) is 29.9 Å². The highest BCUT2D eigenvalue weighted by Gasteiger charge is 2.35. The molecule has 4 heterocycles. The number of nitrogens with one attached hydrogen (secondary N) is 3. The molecule has 0 saturated carbocycles. The standard InChI is InChI=1S/C39H38N6O4/c46-36(21-26-9-3-1-4-10-26)44-19-7-13-33(44)38(48)41-30-17-15-28(16-18-30)31-23-29-24-35(40-25-32(29)42-31)43-39(49)34-14-8-20-45(34)37(47)22-27-11-5-2-6-12-27/h1-6,9-12,15-18,23-25,33-34,42H,7-8,13-14,19-22H2,(H,41,48)(H,40,43,49)/t33-,34-/m0/s1. The maximum absolute atomic E-state index is 13.3. The number of rotatable bonds is 9. The number of carbonyl (C=O) groups is 4. The summed E-state index contributed by atoms with van der Waals surface area (Å²) >= 11 is 0. The van der Waals surface area contributed by atoms with Gasteiger partial charge in [0.1, 0.15) is 17.9 Å². The molecule has 4 amide bonds. The van der Waals surface area contributed by atoms with Gasteiger partial charge in [0.2, 0.25) is 23.6 Å². The summed E-state index contributed by atoms with van der Waals surface area (Å²) in [4.78, 5) is 63.7. The van der Waals surface area contributed by atoms with Gasteiger partial charge in [-0.3, -0.25) is 19.2 Å². The van der Waals surface area contributed by atoms with Crippen molar-refractivity contribution in [3.63, 3.8) is 0 Å². The molecule has 0 radical (unpaired) electrons. The number of benzene rings is 3. The fourth-order valence-corrected chi connectivity index (χ4v) is 6.84. The van der Waals surface area contributed by atoms with Gasteiger partial charge in [0.05, 0.1) is 24.6 Å². The number of hydrogen-bond acceptors (Lipinski definition) is 5. The topological polar surface area (TPSA) is 128 Å². The van der Waals surface area contributed by atoms with Gasteiger partial charge in [-0.25, -0.2) is 4.98 Å². The molecule has 2 fully saturated rings. The van der Waals surface area contributed by atoms with Crippen LogP contribution in [0.15, 0.2) is 103 Å². The normalized spacial score (nSPS) is 17.3. The van der Waals surface area contributed by atoms with Gasteiger partial charge < -0.3 is 25.4 Å². The Balaban J connectivity index is 0.967. The van der Waals surface area contributed by atoms with E-state index >= 15 is 0 Å². The second-order valence-electron chi connectivity index (χ2n) is 12.7. The molecule has 2 aromatic heterocycles. The van der Waals surface area contributed by atoms with Crippen LogP contribution in [0.4, 0.5) is 11.5 Å². The van der Waals surface area contributed by atoms with Crippen molar-refractivity contribution in [3.05, 3.63) is 114 Å². The van der Waals surface area contributed by atoms with Crippen molar-refractivity contribution in [1.82, 2.24) is 19.8 Å². The van der Waals surface area contributed by atoms with Crippen LogP contribution in [0.2, 0.25) is 0 Å². The first-order chi connectivity index (χ1) is 23.9. The molecule has 2 saturated heterocycles. The molecule has 3 N–H and O–H groups in total. The molecule has 0 bridgehead atoms. The first kappa shape index (κ1) is 31.8. The summed E-state index contributed by atoms with van der Waals surface area (Å²) in [6, 6.07) is 29.5. The van der Waals surface area contributed by atoms with Crippen molar-refractivity contribution >= 4 is 46.0 Å². The number of aromatic amines is 1. The third kappa shape index (κ3) is 7.23. The molecule has 49 heavy (non-hydrogen) atoms. The van der Waals surface area contributed by atoms with Crippen molar-refractivity contribution in [1.29, 1.82) is 0 Å². The third-order valence-corrected chi connectivity index (χ3v) is 9.37. The quantitative estimate of drug-likeness (QED) is 0.192. The summed E-state index contributed by atoms with van der Waals surface area (Å²) in [5, 5.41) is 6.79. The Hall–Kier alpha value is -5.77. The number of H-pyrrole nitrogens is 1. The molecule has 10 nitrogen and oxygen atoms in total. The number of fused-ring (bicyclic) bond motifs is 1. The smallest absolute Gasteiger partial charge is 0.248 e. The summed E-state index contributed by atoms with van der Waals surface area (Å²) in [5.74, 6) is -0.0847. The van der Waals surface area contributed by atoms with Crippen LogP contribution in [0.3, 0.4) is 0 Å². The highest BCUT2D eigenvalue weighted by Crippen LogP contribution is 2.28. The lowest BCUT2D eigenvalue weighted by molar-refractivity contribution is -0.136. The molecule has 7 rings (SSSR count). The van der Waals surface area contributed by atoms with E-state index in [1.165, 1.54) is 0 Å². The van der Waals surface area contributed by atoms with Crippen LogP contribution in [0, 0.1) is 0 Å². The highest BCUT2D eigenvalue weighted by molar-refractivity contribution is 5.99. The molecule has 3 aromatic carbocycles. The summed E-state index contributed by atoms with van der Waals surface area (Å²) in [6.07, 6.45) is 5.06. The van der Waals surface area contributed by atoms with Crippen molar-refractivity contribution in [2.75, 3.05) is 23.7 Å². The molecule has 10 heteroatoms. The van der Waals surface area contributed by atoms with E-state index in [2.05, 4.69) is 20.6 Å². The molecule has 248 valence electrons. The lowest BCUT2D eigenvalue weighted by Gasteiger charge is -2.24. The predicted octanol–water partition coefficient (Wildman–Crippen LogP) is 5.57. The zero-order chi connectivity index (χ0) is 33.7. The maximum atomic E-state index is 13.3. The number of pyridine rings is 1. The lowest BCUT2D eigenvalue weighted by atomic mass is 10.1.